The third-order valence-electron chi connectivity index (χ3n) is 5.84. The first kappa shape index (κ1) is 21.8. The lowest BCUT2D eigenvalue weighted by Gasteiger charge is -2.35. The Morgan fingerprint density at radius 2 is 1.84 bits per heavy atom. The second kappa shape index (κ2) is 9.36. The summed E-state index contributed by atoms with van der Waals surface area (Å²) in [5.74, 6) is 0.511. The van der Waals surface area contributed by atoms with E-state index in [-0.39, 0.29) is 11.7 Å². The standard InChI is InChI=1S/C25H28N4O3/c1-17-23(18(2)29(27-17)20-9-5-4-6-10-20)24-25(31)26-13-14-28(24)15-16-32-22-12-8-7-11-21(22)19(3)30/h4-12,24H,13-16H2,1-3H3,(H,26,31)/t24-/m1/s1. The van der Waals surface area contributed by atoms with Crippen molar-refractivity contribution >= 4 is 11.7 Å². The maximum atomic E-state index is 13.0. The Kier molecular flexibility index (Phi) is 6.37. The Morgan fingerprint density at radius 1 is 1.12 bits per heavy atom. The summed E-state index contributed by atoms with van der Waals surface area (Å²) in [6, 6.07) is 16.7. The van der Waals surface area contributed by atoms with Crippen LogP contribution in [0.15, 0.2) is 54.6 Å². The zero-order valence-corrected chi connectivity index (χ0v) is 18.7. The number of ketones is 1. The van der Waals surface area contributed by atoms with Crippen molar-refractivity contribution in [3.8, 4) is 11.4 Å². The quantitative estimate of drug-likeness (QED) is 0.580. The van der Waals surface area contributed by atoms with Crippen LogP contribution in [0.5, 0.6) is 5.75 Å². The number of benzene rings is 2. The van der Waals surface area contributed by atoms with Crippen LogP contribution in [-0.2, 0) is 4.79 Å². The first-order chi connectivity index (χ1) is 15.5. The number of nitrogens with zero attached hydrogens (tertiary/aromatic N) is 3. The molecule has 4 rings (SSSR count). The number of ether oxygens (including phenoxy) is 1. The average Bonchev–Trinajstić information content (AvgIpc) is 3.08. The van der Waals surface area contributed by atoms with Crippen molar-refractivity contribution in [2.24, 2.45) is 0 Å². The van der Waals surface area contributed by atoms with E-state index in [0.717, 1.165) is 22.6 Å². The molecular formula is C25H28N4O3. The predicted octanol–water partition coefficient (Wildman–Crippen LogP) is 3.24. The van der Waals surface area contributed by atoms with Gasteiger partial charge in [-0.1, -0.05) is 30.3 Å². The van der Waals surface area contributed by atoms with E-state index in [1.807, 2.05) is 61.0 Å². The van der Waals surface area contributed by atoms with Gasteiger partial charge in [0, 0.05) is 30.9 Å². The molecule has 3 aromatic rings. The summed E-state index contributed by atoms with van der Waals surface area (Å²) in [6.45, 7) is 7.71. The summed E-state index contributed by atoms with van der Waals surface area (Å²) in [4.78, 5) is 26.9. The number of amides is 1. The van der Waals surface area contributed by atoms with Crippen LogP contribution < -0.4 is 10.1 Å². The predicted molar refractivity (Wildman–Crippen MR) is 122 cm³/mol. The number of para-hydroxylation sites is 2. The molecule has 0 unspecified atom stereocenters. The molecule has 1 N–H and O–H groups in total. The van der Waals surface area contributed by atoms with Crippen LogP contribution in [0.3, 0.4) is 0 Å². The minimum atomic E-state index is -0.437. The molecule has 1 aromatic heterocycles. The highest BCUT2D eigenvalue weighted by Gasteiger charge is 2.35. The van der Waals surface area contributed by atoms with Gasteiger partial charge in [0.1, 0.15) is 18.4 Å². The first-order valence-electron chi connectivity index (χ1n) is 10.8. The van der Waals surface area contributed by atoms with Gasteiger partial charge in [0.05, 0.1) is 16.9 Å². The minimum Gasteiger partial charge on any atom is -0.491 e. The monoisotopic (exact) mass is 432 g/mol. The lowest BCUT2D eigenvalue weighted by Crippen LogP contribution is -2.51. The molecule has 1 fully saturated rings. The molecular weight excluding hydrogens is 404 g/mol. The van der Waals surface area contributed by atoms with Gasteiger partial charge in [0.15, 0.2) is 5.78 Å². The van der Waals surface area contributed by atoms with Crippen molar-refractivity contribution in [3.05, 3.63) is 77.1 Å². The van der Waals surface area contributed by atoms with Crippen LogP contribution in [0, 0.1) is 13.8 Å². The number of hydrogen-bond acceptors (Lipinski definition) is 5. The molecule has 2 aromatic carbocycles. The third-order valence-corrected chi connectivity index (χ3v) is 5.84. The van der Waals surface area contributed by atoms with E-state index in [4.69, 9.17) is 9.84 Å². The lowest BCUT2D eigenvalue weighted by atomic mass is 10.0. The summed E-state index contributed by atoms with van der Waals surface area (Å²) >= 11 is 0. The molecule has 2 heterocycles. The smallest absolute Gasteiger partial charge is 0.242 e. The van der Waals surface area contributed by atoms with Crippen molar-refractivity contribution in [1.29, 1.82) is 0 Å². The SMILES string of the molecule is CC(=O)c1ccccc1OCCN1CCNC(=O)[C@H]1c1c(C)nn(-c2ccccc2)c1C. The van der Waals surface area contributed by atoms with Gasteiger partial charge in [-0.05, 0) is 45.0 Å². The van der Waals surface area contributed by atoms with E-state index in [1.165, 1.54) is 6.92 Å². The number of carbonyl (C=O) groups is 2. The van der Waals surface area contributed by atoms with Gasteiger partial charge >= 0.3 is 0 Å². The highest BCUT2D eigenvalue weighted by atomic mass is 16.5. The molecule has 0 spiro atoms. The lowest BCUT2D eigenvalue weighted by molar-refractivity contribution is -0.129. The highest BCUT2D eigenvalue weighted by Crippen LogP contribution is 2.30. The normalized spacial score (nSPS) is 16.6. The number of hydrogen-bond donors (Lipinski definition) is 1. The van der Waals surface area contributed by atoms with Crippen LogP contribution >= 0.6 is 0 Å². The number of Topliss-reactive ketones (excluding diaryl/α,β-unsaturated/α-hetero) is 1. The zero-order chi connectivity index (χ0) is 22.7. The molecule has 1 saturated heterocycles. The molecule has 0 aliphatic carbocycles. The summed E-state index contributed by atoms with van der Waals surface area (Å²) in [6.07, 6.45) is 0. The minimum absolute atomic E-state index is 0.0285. The molecule has 7 nitrogen and oxygen atoms in total. The molecule has 1 amide bonds. The maximum Gasteiger partial charge on any atom is 0.242 e. The van der Waals surface area contributed by atoms with E-state index >= 15 is 0 Å². The third kappa shape index (κ3) is 4.29. The number of rotatable bonds is 7. The van der Waals surface area contributed by atoms with E-state index in [1.54, 1.807) is 12.1 Å². The summed E-state index contributed by atoms with van der Waals surface area (Å²) < 4.78 is 7.83. The number of piperazine rings is 1. The van der Waals surface area contributed by atoms with Crippen molar-refractivity contribution in [2.45, 2.75) is 26.8 Å². The molecule has 1 aliphatic heterocycles. The van der Waals surface area contributed by atoms with Crippen molar-refractivity contribution in [3.63, 3.8) is 0 Å². The Bertz CT molecular complexity index is 1120. The Hall–Kier alpha value is -3.45. The Morgan fingerprint density at radius 3 is 2.59 bits per heavy atom. The Labute approximate surface area is 188 Å². The van der Waals surface area contributed by atoms with Gasteiger partial charge in [0.2, 0.25) is 5.91 Å². The number of aryl methyl sites for hydroxylation is 1. The highest BCUT2D eigenvalue weighted by molar-refractivity contribution is 5.96. The van der Waals surface area contributed by atoms with Gasteiger partial charge in [0.25, 0.3) is 0 Å². The van der Waals surface area contributed by atoms with E-state index < -0.39 is 6.04 Å². The van der Waals surface area contributed by atoms with Gasteiger partial charge in [-0.2, -0.15) is 5.10 Å². The van der Waals surface area contributed by atoms with Crippen LogP contribution in [0.2, 0.25) is 0 Å². The molecule has 1 atom stereocenters. The van der Waals surface area contributed by atoms with Crippen LogP contribution in [-0.4, -0.2) is 52.6 Å². The van der Waals surface area contributed by atoms with Crippen molar-refractivity contribution in [2.75, 3.05) is 26.2 Å². The van der Waals surface area contributed by atoms with Crippen molar-refractivity contribution in [1.82, 2.24) is 20.0 Å². The summed E-state index contributed by atoms with van der Waals surface area (Å²) in [5.41, 5.74) is 4.24. The maximum absolute atomic E-state index is 13.0. The first-order valence-corrected chi connectivity index (χ1v) is 10.8. The second-order valence-electron chi connectivity index (χ2n) is 7.96. The number of carbonyl (C=O) groups excluding carboxylic acids is 2. The molecule has 0 radical (unpaired) electrons. The molecule has 0 bridgehead atoms. The van der Waals surface area contributed by atoms with Crippen LogP contribution in [0.25, 0.3) is 5.69 Å². The number of aromatic nitrogens is 2. The van der Waals surface area contributed by atoms with E-state index in [2.05, 4.69) is 10.2 Å². The van der Waals surface area contributed by atoms with Crippen LogP contribution in [0.1, 0.15) is 40.3 Å². The molecule has 32 heavy (non-hydrogen) atoms. The van der Waals surface area contributed by atoms with E-state index in [9.17, 15) is 9.59 Å². The fourth-order valence-corrected chi connectivity index (χ4v) is 4.30. The van der Waals surface area contributed by atoms with Gasteiger partial charge in [-0.15, -0.1) is 0 Å². The number of nitrogens with one attached hydrogen (secondary N) is 1. The van der Waals surface area contributed by atoms with E-state index in [0.29, 0.717) is 37.6 Å². The Balaban J connectivity index is 1.56. The van der Waals surface area contributed by atoms with Gasteiger partial charge < -0.3 is 10.1 Å². The molecule has 0 saturated carbocycles. The largest absolute Gasteiger partial charge is 0.491 e. The average molecular weight is 433 g/mol. The summed E-state index contributed by atoms with van der Waals surface area (Å²) in [7, 11) is 0. The summed E-state index contributed by atoms with van der Waals surface area (Å²) in [5, 5.41) is 7.72. The fraction of sp³-hybridized carbons (Fsp3) is 0.320. The van der Waals surface area contributed by atoms with Gasteiger partial charge in [-0.3, -0.25) is 14.5 Å². The molecule has 7 heteroatoms. The molecule has 166 valence electrons. The topological polar surface area (TPSA) is 76.5 Å². The van der Waals surface area contributed by atoms with Gasteiger partial charge in [-0.25, -0.2) is 4.68 Å². The van der Waals surface area contributed by atoms with Crippen molar-refractivity contribution < 1.29 is 14.3 Å². The second-order valence-corrected chi connectivity index (χ2v) is 7.96. The molecule has 1 aliphatic rings. The fourth-order valence-electron chi connectivity index (χ4n) is 4.30. The zero-order valence-electron chi connectivity index (χ0n) is 18.7. The van der Waals surface area contributed by atoms with Crippen LogP contribution in [0.4, 0.5) is 0 Å².